The summed E-state index contributed by atoms with van der Waals surface area (Å²) in [5.74, 6) is 0.322. The number of aliphatic hydroxyl groups is 1. The highest BCUT2D eigenvalue weighted by molar-refractivity contribution is 5.98. The van der Waals surface area contributed by atoms with Crippen LogP contribution >= 0.6 is 0 Å². The van der Waals surface area contributed by atoms with E-state index in [1.165, 1.54) is 0 Å². The molecule has 7 nitrogen and oxygen atoms in total. The van der Waals surface area contributed by atoms with Crippen molar-refractivity contribution in [3.8, 4) is 11.6 Å². The van der Waals surface area contributed by atoms with Gasteiger partial charge in [0, 0.05) is 18.3 Å². The van der Waals surface area contributed by atoms with Crippen LogP contribution in [0, 0.1) is 0 Å². The molecule has 31 heavy (non-hydrogen) atoms. The summed E-state index contributed by atoms with van der Waals surface area (Å²) in [4.78, 5) is 16.9. The lowest BCUT2D eigenvalue weighted by atomic mass is 9.97. The molecule has 3 rings (SSSR count). The third kappa shape index (κ3) is 5.67. The molecule has 1 aromatic heterocycles. The number of pyridine rings is 1. The first kappa shape index (κ1) is 22.0. The number of benzene rings is 2. The number of ether oxygens (including phenoxy) is 1. The monoisotopic (exact) mass is 419 g/mol. The highest BCUT2D eigenvalue weighted by Crippen LogP contribution is 2.24. The standard InChI is InChI=1S/C24H25N3O4/c1-16(27-30)18-6-4-7-20(14-18)31-23-21(8-5-13-25-23)22(28)26-15-17-9-11-19(12-10-17)24(2,3)29/h4-14,29-30H,15H2,1-3H3,(H,26,28). The zero-order valence-corrected chi connectivity index (χ0v) is 17.7. The Morgan fingerprint density at radius 2 is 1.87 bits per heavy atom. The Hall–Kier alpha value is -3.71. The van der Waals surface area contributed by atoms with Crippen LogP contribution in [0.5, 0.6) is 11.6 Å². The smallest absolute Gasteiger partial charge is 0.257 e. The molecular weight excluding hydrogens is 394 g/mol. The Bertz CT molecular complexity index is 1090. The third-order valence-corrected chi connectivity index (χ3v) is 4.75. The van der Waals surface area contributed by atoms with Crippen molar-refractivity contribution in [3.63, 3.8) is 0 Å². The van der Waals surface area contributed by atoms with Crippen molar-refractivity contribution in [3.05, 3.63) is 89.1 Å². The van der Waals surface area contributed by atoms with Crippen molar-refractivity contribution in [2.45, 2.75) is 32.9 Å². The number of aromatic nitrogens is 1. The number of nitrogens with one attached hydrogen (secondary N) is 1. The summed E-state index contributed by atoms with van der Waals surface area (Å²) in [6, 6.07) is 17.7. The molecule has 0 saturated carbocycles. The zero-order valence-electron chi connectivity index (χ0n) is 17.7. The zero-order chi connectivity index (χ0) is 22.4. The average molecular weight is 419 g/mol. The fourth-order valence-electron chi connectivity index (χ4n) is 2.91. The molecule has 0 bridgehead atoms. The molecule has 2 aromatic carbocycles. The summed E-state index contributed by atoms with van der Waals surface area (Å²) in [5, 5.41) is 25.1. The van der Waals surface area contributed by atoms with Crippen molar-refractivity contribution >= 4 is 11.6 Å². The molecule has 0 aliphatic carbocycles. The van der Waals surface area contributed by atoms with Crippen molar-refractivity contribution < 1.29 is 19.8 Å². The number of amides is 1. The van der Waals surface area contributed by atoms with Crippen LogP contribution in [0.25, 0.3) is 0 Å². The van der Waals surface area contributed by atoms with E-state index in [0.717, 1.165) is 11.1 Å². The molecule has 0 fully saturated rings. The maximum absolute atomic E-state index is 12.8. The minimum Gasteiger partial charge on any atom is -0.438 e. The quantitative estimate of drug-likeness (QED) is 0.302. The van der Waals surface area contributed by atoms with Crippen LogP contribution in [0.2, 0.25) is 0 Å². The first-order chi connectivity index (χ1) is 14.8. The number of rotatable bonds is 7. The molecular formula is C24H25N3O4. The van der Waals surface area contributed by atoms with Crippen LogP contribution < -0.4 is 10.1 Å². The summed E-state index contributed by atoms with van der Waals surface area (Å²) >= 11 is 0. The van der Waals surface area contributed by atoms with E-state index < -0.39 is 5.60 Å². The molecule has 0 unspecified atom stereocenters. The number of carbonyl (C=O) groups excluding carboxylic acids is 1. The van der Waals surface area contributed by atoms with Gasteiger partial charge in [-0.25, -0.2) is 4.98 Å². The van der Waals surface area contributed by atoms with Crippen molar-refractivity contribution in [2.24, 2.45) is 5.16 Å². The van der Waals surface area contributed by atoms with Gasteiger partial charge in [0.2, 0.25) is 5.88 Å². The summed E-state index contributed by atoms with van der Waals surface area (Å²) in [6.07, 6.45) is 1.55. The first-order valence-electron chi connectivity index (χ1n) is 9.80. The maximum atomic E-state index is 12.8. The molecule has 7 heteroatoms. The van der Waals surface area contributed by atoms with Gasteiger partial charge in [-0.1, -0.05) is 41.6 Å². The minimum atomic E-state index is -0.914. The number of hydrogen-bond donors (Lipinski definition) is 3. The van der Waals surface area contributed by atoms with Crippen LogP contribution in [0.4, 0.5) is 0 Å². The van der Waals surface area contributed by atoms with Gasteiger partial charge in [0.05, 0.1) is 11.3 Å². The van der Waals surface area contributed by atoms with E-state index >= 15 is 0 Å². The topological polar surface area (TPSA) is 104 Å². The number of hydrogen-bond acceptors (Lipinski definition) is 6. The summed E-state index contributed by atoms with van der Waals surface area (Å²) < 4.78 is 5.83. The van der Waals surface area contributed by atoms with Gasteiger partial charge in [-0.2, -0.15) is 0 Å². The van der Waals surface area contributed by atoms with E-state index in [-0.39, 0.29) is 11.8 Å². The van der Waals surface area contributed by atoms with Crippen LogP contribution in [-0.2, 0) is 12.1 Å². The van der Waals surface area contributed by atoms with Gasteiger partial charge in [-0.3, -0.25) is 4.79 Å². The molecule has 0 aliphatic rings. The van der Waals surface area contributed by atoms with E-state index in [1.54, 1.807) is 63.4 Å². The number of carbonyl (C=O) groups is 1. The van der Waals surface area contributed by atoms with Crippen LogP contribution in [0.1, 0.15) is 47.8 Å². The second kappa shape index (κ2) is 9.40. The Labute approximate surface area is 181 Å². The molecule has 0 spiro atoms. The molecule has 3 aromatic rings. The Balaban J connectivity index is 1.72. The lowest BCUT2D eigenvalue weighted by Crippen LogP contribution is -2.23. The third-order valence-electron chi connectivity index (χ3n) is 4.75. The molecule has 0 aliphatic heterocycles. The molecule has 3 N–H and O–H groups in total. The fourth-order valence-corrected chi connectivity index (χ4v) is 2.91. The van der Waals surface area contributed by atoms with E-state index in [1.807, 2.05) is 24.3 Å². The lowest BCUT2D eigenvalue weighted by molar-refractivity contribution is 0.0785. The Kier molecular flexibility index (Phi) is 6.67. The minimum absolute atomic E-state index is 0.174. The highest BCUT2D eigenvalue weighted by Gasteiger charge is 2.16. The van der Waals surface area contributed by atoms with Gasteiger partial charge in [-0.15, -0.1) is 0 Å². The normalized spacial score (nSPS) is 11.8. The summed E-state index contributed by atoms with van der Waals surface area (Å²) in [6.45, 7) is 5.44. The van der Waals surface area contributed by atoms with Gasteiger partial charge < -0.3 is 20.4 Å². The van der Waals surface area contributed by atoms with Crippen molar-refractivity contribution in [1.82, 2.24) is 10.3 Å². The predicted octanol–water partition coefficient (Wildman–Crippen LogP) is 4.23. The van der Waals surface area contributed by atoms with Crippen LogP contribution in [-0.4, -0.2) is 26.9 Å². The van der Waals surface area contributed by atoms with E-state index in [9.17, 15) is 9.90 Å². The summed E-state index contributed by atoms with van der Waals surface area (Å²) in [5.41, 5.74) is 2.22. The van der Waals surface area contributed by atoms with E-state index in [2.05, 4.69) is 15.5 Å². The molecule has 160 valence electrons. The SMILES string of the molecule is CC(=NO)c1cccc(Oc2ncccc2C(=O)NCc2ccc(C(C)(C)O)cc2)c1. The van der Waals surface area contributed by atoms with Gasteiger partial charge in [-0.05, 0) is 56.2 Å². The van der Waals surface area contributed by atoms with Crippen molar-refractivity contribution in [2.75, 3.05) is 0 Å². The molecule has 1 heterocycles. The highest BCUT2D eigenvalue weighted by atomic mass is 16.5. The van der Waals surface area contributed by atoms with Gasteiger partial charge in [0.25, 0.3) is 5.91 Å². The predicted molar refractivity (Wildman–Crippen MR) is 118 cm³/mol. The van der Waals surface area contributed by atoms with Crippen molar-refractivity contribution in [1.29, 1.82) is 0 Å². The largest absolute Gasteiger partial charge is 0.438 e. The lowest BCUT2D eigenvalue weighted by Gasteiger charge is -2.18. The number of nitrogens with zero attached hydrogens (tertiary/aromatic N) is 2. The fraction of sp³-hybridized carbons (Fsp3) is 0.208. The maximum Gasteiger partial charge on any atom is 0.257 e. The molecule has 1 amide bonds. The Morgan fingerprint density at radius 3 is 2.55 bits per heavy atom. The Morgan fingerprint density at radius 1 is 1.13 bits per heavy atom. The van der Waals surface area contributed by atoms with Gasteiger partial charge >= 0.3 is 0 Å². The van der Waals surface area contributed by atoms with E-state index in [0.29, 0.717) is 29.1 Å². The van der Waals surface area contributed by atoms with E-state index in [4.69, 9.17) is 9.94 Å². The van der Waals surface area contributed by atoms with Crippen LogP contribution in [0.3, 0.4) is 0 Å². The average Bonchev–Trinajstić information content (AvgIpc) is 2.77. The second-order valence-corrected chi connectivity index (χ2v) is 7.61. The first-order valence-corrected chi connectivity index (χ1v) is 9.80. The van der Waals surface area contributed by atoms with Gasteiger partial charge in [0.15, 0.2) is 0 Å². The molecule has 0 atom stereocenters. The van der Waals surface area contributed by atoms with Crippen LogP contribution in [0.15, 0.2) is 72.0 Å². The number of oxime groups is 1. The van der Waals surface area contributed by atoms with Gasteiger partial charge in [0.1, 0.15) is 11.3 Å². The molecule has 0 radical (unpaired) electrons. The molecule has 0 saturated heterocycles. The second-order valence-electron chi connectivity index (χ2n) is 7.61. The summed E-state index contributed by atoms with van der Waals surface area (Å²) in [7, 11) is 0.